The van der Waals surface area contributed by atoms with Crippen molar-refractivity contribution < 1.29 is 4.43 Å². The second kappa shape index (κ2) is 7.18. The summed E-state index contributed by atoms with van der Waals surface area (Å²) >= 11 is 0. The van der Waals surface area contributed by atoms with Gasteiger partial charge in [-0.2, -0.15) is 0 Å². The predicted octanol–water partition coefficient (Wildman–Crippen LogP) is 1.14. The Hall–Kier alpha value is 0.177. The molecule has 0 rings (SSSR count). The summed E-state index contributed by atoms with van der Waals surface area (Å²) in [5.74, 6) is 0. The van der Waals surface area contributed by atoms with Crippen molar-refractivity contribution >= 4 is 9.76 Å². The lowest BCUT2D eigenvalue weighted by molar-refractivity contribution is 0.329. The van der Waals surface area contributed by atoms with Gasteiger partial charge in [0, 0.05) is 6.61 Å². The summed E-state index contributed by atoms with van der Waals surface area (Å²) in [6.07, 6.45) is 2.14. The highest BCUT2D eigenvalue weighted by atomic mass is 28.2. The molecule has 0 saturated carbocycles. The van der Waals surface area contributed by atoms with Crippen LogP contribution in [0.1, 0.15) is 19.8 Å². The molecule has 0 fully saturated rings. The number of hydrogen-bond acceptors (Lipinski definition) is 1. The van der Waals surface area contributed by atoms with E-state index in [0.29, 0.717) is 0 Å². The van der Waals surface area contributed by atoms with Crippen LogP contribution in [0.25, 0.3) is 0 Å². The van der Waals surface area contributed by atoms with E-state index in [1.165, 1.54) is 6.04 Å². The molecule has 1 nitrogen and oxygen atoms in total. The molecular formula is C6H15OSi. The topological polar surface area (TPSA) is 9.23 Å². The van der Waals surface area contributed by atoms with Crippen LogP contribution in [0, 0.1) is 6.92 Å². The van der Waals surface area contributed by atoms with Crippen molar-refractivity contribution in [3.05, 3.63) is 6.92 Å². The van der Waals surface area contributed by atoms with E-state index in [1.807, 2.05) is 0 Å². The minimum atomic E-state index is -0.126. The number of unbranched alkanes of at least 4 members (excludes halogenated alkanes) is 1. The first-order valence-corrected chi connectivity index (χ1v) is 4.86. The first-order valence-electron chi connectivity index (χ1n) is 3.28. The van der Waals surface area contributed by atoms with Crippen molar-refractivity contribution in [2.75, 3.05) is 6.61 Å². The molecule has 0 aromatic carbocycles. The monoisotopic (exact) mass is 131 g/mol. The fourth-order valence-corrected chi connectivity index (χ4v) is 1.15. The highest BCUT2D eigenvalue weighted by Crippen LogP contribution is 1.86. The van der Waals surface area contributed by atoms with Crippen LogP contribution in [0.15, 0.2) is 0 Å². The Morgan fingerprint density at radius 3 is 2.88 bits per heavy atom. The maximum absolute atomic E-state index is 5.32. The van der Waals surface area contributed by atoms with Gasteiger partial charge in [0.1, 0.15) is 0 Å². The van der Waals surface area contributed by atoms with Crippen molar-refractivity contribution in [1.29, 1.82) is 0 Å². The summed E-state index contributed by atoms with van der Waals surface area (Å²) in [6.45, 7) is 6.84. The molecule has 0 aliphatic heterocycles. The molecule has 49 valence electrons. The molecule has 0 aliphatic rings. The van der Waals surface area contributed by atoms with Crippen molar-refractivity contribution in [3.8, 4) is 0 Å². The molecule has 0 aromatic heterocycles. The van der Waals surface area contributed by atoms with Crippen molar-refractivity contribution in [3.63, 3.8) is 0 Å². The van der Waals surface area contributed by atoms with Gasteiger partial charge in [-0.1, -0.05) is 20.3 Å². The third-order valence-electron chi connectivity index (χ3n) is 0.887. The van der Waals surface area contributed by atoms with Crippen LogP contribution >= 0.6 is 0 Å². The molecule has 0 heterocycles. The third kappa shape index (κ3) is 6.18. The first-order chi connectivity index (χ1) is 3.91. The molecule has 2 heteroatoms. The van der Waals surface area contributed by atoms with E-state index in [1.54, 1.807) is 0 Å². The van der Waals surface area contributed by atoms with Crippen LogP contribution in [-0.4, -0.2) is 16.4 Å². The Labute approximate surface area is 54.4 Å². The highest BCUT2D eigenvalue weighted by Gasteiger charge is 1.82. The van der Waals surface area contributed by atoms with Gasteiger partial charge in [-0.05, 0) is 12.5 Å². The summed E-state index contributed by atoms with van der Waals surface area (Å²) in [7, 11) is -0.126. The van der Waals surface area contributed by atoms with E-state index >= 15 is 0 Å². The maximum Gasteiger partial charge on any atom is 0.161 e. The van der Waals surface area contributed by atoms with Crippen LogP contribution in [-0.2, 0) is 4.43 Å². The SMILES string of the molecule is [CH2]CCCO[SiH2]CC. The second-order valence-corrected chi connectivity index (χ2v) is 3.64. The zero-order valence-corrected chi connectivity index (χ0v) is 7.07. The van der Waals surface area contributed by atoms with E-state index in [0.717, 1.165) is 19.4 Å². The van der Waals surface area contributed by atoms with E-state index in [-0.39, 0.29) is 9.76 Å². The lowest BCUT2D eigenvalue weighted by Gasteiger charge is -1.97. The largest absolute Gasteiger partial charge is 0.424 e. The van der Waals surface area contributed by atoms with E-state index in [9.17, 15) is 0 Å². The molecule has 0 spiro atoms. The van der Waals surface area contributed by atoms with Gasteiger partial charge in [-0.15, -0.1) is 0 Å². The summed E-state index contributed by atoms with van der Waals surface area (Å²) in [4.78, 5) is 0. The number of rotatable bonds is 5. The van der Waals surface area contributed by atoms with Gasteiger partial charge >= 0.3 is 0 Å². The van der Waals surface area contributed by atoms with Gasteiger partial charge in [-0.3, -0.25) is 0 Å². The Bertz CT molecular complexity index is 33.5. The zero-order valence-electron chi connectivity index (χ0n) is 5.65. The molecule has 1 radical (unpaired) electrons. The quantitative estimate of drug-likeness (QED) is 0.401. The molecule has 0 aliphatic carbocycles. The lowest BCUT2D eigenvalue weighted by Crippen LogP contribution is -1.97. The summed E-state index contributed by atoms with van der Waals surface area (Å²) < 4.78 is 5.32. The first kappa shape index (κ1) is 8.18. The number of hydrogen-bond donors (Lipinski definition) is 0. The molecule has 0 amide bonds. The van der Waals surface area contributed by atoms with E-state index in [2.05, 4.69) is 13.8 Å². The molecule has 0 atom stereocenters. The van der Waals surface area contributed by atoms with Crippen molar-refractivity contribution in [1.82, 2.24) is 0 Å². The fraction of sp³-hybridized carbons (Fsp3) is 0.833. The second-order valence-electron chi connectivity index (χ2n) is 1.82. The molecular weight excluding hydrogens is 116 g/mol. The summed E-state index contributed by atoms with van der Waals surface area (Å²) in [5, 5.41) is 0. The molecule has 8 heavy (non-hydrogen) atoms. The minimum absolute atomic E-state index is 0.126. The minimum Gasteiger partial charge on any atom is -0.424 e. The van der Waals surface area contributed by atoms with Gasteiger partial charge < -0.3 is 4.43 Å². The van der Waals surface area contributed by atoms with Crippen molar-refractivity contribution in [2.45, 2.75) is 25.8 Å². The summed E-state index contributed by atoms with van der Waals surface area (Å²) in [5.41, 5.74) is 0. The van der Waals surface area contributed by atoms with Gasteiger partial charge in [-0.25, -0.2) is 0 Å². The molecule has 0 aromatic rings. The van der Waals surface area contributed by atoms with Crippen molar-refractivity contribution in [2.24, 2.45) is 0 Å². The standard InChI is InChI=1S/C6H15OSi/c1-3-5-6-7-8-4-2/h1,3-6,8H2,2H3. The molecule has 0 N–H and O–H groups in total. The van der Waals surface area contributed by atoms with Gasteiger partial charge in [0.05, 0.1) is 0 Å². The smallest absolute Gasteiger partial charge is 0.161 e. The van der Waals surface area contributed by atoms with Crippen LogP contribution < -0.4 is 0 Å². The molecule has 0 saturated heterocycles. The van der Waals surface area contributed by atoms with Gasteiger partial charge in [0.2, 0.25) is 0 Å². The Kier molecular flexibility index (Phi) is 7.34. The zero-order chi connectivity index (χ0) is 6.24. The van der Waals surface area contributed by atoms with Crippen LogP contribution in [0.3, 0.4) is 0 Å². The highest BCUT2D eigenvalue weighted by molar-refractivity contribution is 6.26. The Balaban J connectivity index is 2.53. The van der Waals surface area contributed by atoms with Gasteiger partial charge in [0.25, 0.3) is 0 Å². The lowest BCUT2D eigenvalue weighted by atomic mass is 10.4. The van der Waals surface area contributed by atoms with Gasteiger partial charge in [0.15, 0.2) is 9.76 Å². The average Bonchev–Trinajstić information content (AvgIpc) is 1.81. The Morgan fingerprint density at radius 1 is 1.62 bits per heavy atom. The van der Waals surface area contributed by atoms with E-state index in [4.69, 9.17) is 4.43 Å². The van der Waals surface area contributed by atoms with Crippen LogP contribution in [0.4, 0.5) is 0 Å². The Morgan fingerprint density at radius 2 is 2.38 bits per heavy atom. The predicted molar refractivity (Wildman–Crippen MR) is 39.6 cm³/mol. The summed E-state index contributed by atoms with van der Waals surface area (Å²) in [6, 6.07) is 1.26. The average molecular weight is 131 g/mol. The van der Waals surface area contributed by atoms with Crippen LogP contribution in [0.5, 0.6) is 0 Å². The normalized spacial score (nSPS) is 11.2. The molecule has 0 bridgehead atoms. The van der Waals surface area contributed by atoms with Crippen LogP contribution in [0.2, 0.25) is 6.04 Å². The van der Waals surface area contributed by atoms with E-state index < -0.39 is 0 Å². The fourth-order valence-electron chi connectivity index (χ4n) is 0.451. The third-order valence-corrected chi connectivity index (χ3v) is 1.87. The molecule has 0 unspecified atom stereocenters. The maximum atomic E-state index is 5.32.